The van der Waals surface area contributed by atoms with Crippen molar-refractivity contribution in [1.29, 1.82) is 0 Å². The Kier molecular flexibility index (Phi) is 2.06. The van der Waals surface area contributed by atoms with Gasteiger partial charge in [0.25, 0.3) is 0 Å². The van der Waals surface area contributed by atoms with Crippen molar-refractivity contribution >= 4 is 33.2 Å². The van der Waals surface area contributed by atoms with Crippen LogP contribution < -0.4 is 0 Å². The molecule has 0 saturated heterocycles. The molecule has 4 heteroatoms. The zero-order valence-corrected chi connectivity index (χ0v) is 8.15. The first-order chi connectivity index (χ1) is 6.31. The van der Waals surface area contributed by atoms with E-state index in [-0.39, 0.29) is 0 Å². The molecule has 1 aromatic heterocycles. The van der Waals surface area contributed by atoms with E-state index in [9.17, 15) is 4.79 Å². The summed E-state index contributed by atoms with van der Waals surface area (Å²) in [7, 11) is 0. The summed E-state index contributed by atoms with van der Waals surface area (Å²) in [5.74, 6) is 0. The summed E-state index contributed by atoms with van der Waals surface area (Å²) in [6.45, 7) is 0. The van der Waals surface area contributed by atoms with Gasteiger partial charge < -0.3 is 0 Å². The minimum Gasteiger partial charge on any atom is -0.296 e. The highest BCUT2D eigenvalue weighted by Gasteiger charge is 2.01. The number of hydrogen-bond acceptors (Lipinski definition) is 3. The molecule has 0 aliphatic heterocycles. The summed E-state index contributed by atoms with van der Waals surface area (Å²) in [6, 6.07) is 5.59. The van der Waals surface area contributed by atoms with Crippen LogP contribution in [0.4, 0.5) is 0 Å². The van der Waals surface area contributed by atoms with Crippen LogP contribution in [0.1, 0.15) is 10.5 Å². The molecule has 0 radical (unpaired) electrons. The van der Waals surface area contributed by atoms with Crippen molar-refractivity contribution in [1.82, 2.24) is 9.97 Å². The average Bonchev–Trinajstić information content (AvgIpc) is 2.18. The Hall–Kier alpha value is -1.29. The third kappa shape index (κ3) is 1.45. The Morgan fingerprint density at radius 2 is 2.23 bits per heavy atom. The standard InChI is InChI=1S/C9H5BrN2O/c10-7-2-1-3-8-9(7)12-6(5-13)4-11-8/h1-5H. The molecule has 13 heavy (non-hydrogen) atoms. The minimum atomic E-state index is 0.347. The van der Waals surface area contributed by atoms with Gasteiger partial charge in [-0.2, -0.15) is 0 Å². The van der Waals surface area contributed by atoms with Crippen molar-refractivity contribution in [3.05, 3.63) is 34.6 Å². The lowest BCUT2D eigenvalue weighted by Crippen LogP contribution is -1.90. The molecule has 0 bridgehead atoms. The number of nitrogens with zero attached hydrogens (tertiary/aromatic N) is 2. The summed E-state index contributed by atoms with van der Waals surface area (Å²) in [4.78, 5) is 18.6. The van der Waals surface area contributed by atoms with Crippen LogP contribution >= 0.6 is 15.9 Å². The Balaban J connectivity index is 2.81. The molecule has 1 heterocycles. The fraction of sp³-hybridized carbons (Fsp3) is 0. The normalized spacial score (nSPS) is 10.2. The maximum atomic E-state index is 10.4. The molecule has 1 aromatic carbocycles. The van der Waals surface area contributed by atoms with Gasteiger partial charge >= 0.3 is 0 Å². The van der Waals surface area contributed by atoms with Gasteiger partial charge in [0, 0.05) is 4.47 Å². The van der Waals surface area contributed by atoms with E-state index in [4.69, 9.17) is 0 Å². The third-order valence-electron chi connectivity index (χ3n) is 1.66. The highest BCUT2D eigenvalue weighted by molar-refractivity contribution is 9.10. The number of carbonyl (C=O) groups is 1. The molecule has 0 spiro atoms. The predicted octanol–water partition coefficient (Wildman–Crippen LogP) is 2.20. The molecule has 2 aromatic rings. The average molecular weight is 237 g/mol. The van der Waals surface area contributed by atoms with Crippen LogP contribution in [-0.2, 0) is 0 Å². The summed E-state index contributed by atoms with van der Waals surface area (Å²) in [5.41, 5.74) is 1.84. The topological polar surface area (TPSA) is 42.9 Å². The Morgan fingerprint density at radius 3 is 3.00 bits per heavy atom. The van der Waals surface area contributed by atoms with E-state index in [1.807, 2.05) is 18.2 Å². The van der Waals surface area contributed by atoms with Crippen molar-refractivity contribution < 1.29 is 4.79 Å². The monoisotopic (exact) mass is 236 g/mol. The molecule has 0 saturated carbocycles. The van der Waals surface area contributed by atoms with E-state index >= 15 is 0 Å². The molecular weight excluding hydrogens is 232 g/mol. The minimum absolute atomic E-state index is 0.347. The quantitative estimate of drug-likeness (QED) is 0.714. The molecular formula is C9H5BrN2O. The summed E-state index contributed by atoms with van der Waals surface area (Å²) in [6.07, 6.45) is 2.15. The lowest BCUT2D eigenvalue weighted by Gasteiger charge is -1.98. The smallest absolute Gasteiger partial charge is 0.170 e. The maximum absolute atomic E-state index is 10.4. The number of benzene rings is 1. The second-order valence-electron chi connectivity index (χ2n) is 2.52. The summed E-state index contributed by atoms with van der Waals surface area (Å²) >= 11 is 3.34. The van der Waals surface area contributed by atoms with Crippen LogP contribution in [0.25, 0.3) is 11.0 Å². The zero-order chi connectivity index (χ0) is 9.26. The van der Waals surface area contributed by atoms with Gasteiger partial charge in [-0.1, -0.05) is 6.07 Å². The molecule has 0 N–H and O–H groups in total. The number of para-hydroxylation sites is 1. The van der Waals surface area contributed by atoms with Crippen molar-refractivity contribution in [2.24, 2.45) is 0 Å². The fourth-order valence-electron chi connectivity index (χ4n) is 1.07. The lowest BCUT2D eigenvalue weighted by molar-refractivity contribution is 0.111. The van der Waals surface area contributed by atoms with Gasteiger partial charge in [-0.25, -0.2) is 4.98 Å². The van der Waals surface area contributed by atoms with Crippen LogP contribution in [0.15, 0.2) is 28.9 Å². The largest absolute Gasteiger partial charge is 0.296 e. The van der Waals surface area contributed by atoms with Gasteiger partial charge in [-0.15, -0.1) is 0 Å². The number of hydrogen-bond donors (Lipinski definition) is 0. The van der Waals surface area contributed by atoms with Crippen LogP contribution in [0.2, 0.25) is 0 Å². The Labute approximate surface area is 82.9 Å². The van der Waals surface area contributed by atoms with Gasteiger partial charge in [-0.05, 0) is 28.1 Å². The molecule has 0 unspecified atom stereocenters. The lowest BCUT2D eigenvalue weighted by atomic mass is 10.3. The van der Waals surface area contributed by atoms with E-state index in [2.05, 4.69) is 25.9 Å². The molecule has 0 aliphatic carbocycles. The first kappa shape index (κ1) is 8.31. The molecule has 0 amide bonds. The molecule has 2 rings (SSSR count). The predicted molar refractivity (Wildman–Crippen MR) is 52.6 cm³/mol. The first-order valence-electron chi connectivity index (χ1n) is 3.68. The van der Waals surface area contributed by atoms with Gasteiger partial charge in [0.05, 0.1) is 11.7 Å². The number of carbonyl (C=O) groups excluding carboxylic acids is 1. The van der Waals surface area contributed by atoms with E-state index < -0.39 is 0 Å². The third-order valence-corrected chi connectivity index (χ3v) is 2.30. The van der Waals surface area contributed by atoms with Crippen LogP contribution in [-0.4, -0.2) is 16.3 Å². The number of aldehydes is 1. The van der Waals surface area contributed by atoms with Crippen molar-refractivity contribution in [3.63, 3.8) is 0 Å². The van der Waals surface area contributed by atoms with Gasteiger partial charge in [-0.3, -0.25) is 9.78 Å². The number of halogens is 1. The molecule has 3 nitrogen and oxygen atoms in total. The van der Waals surface area contributed by atoms with E-state index in [0.717, 1.165) is 9.99 Å². The van der Waals surface area contributed by atoms with Gasteiger partial charge in [0.15, 0.2) is 6.29 Å². The van der Waals surface area contributed by atoms with Crippen LogP contribution in [0.5, 0.6) is 0 Å². The number of aromatic nitrogens is 2. The maximum Gasteiger partial charge on any atom is 0.170 e. The van der Waals surface area contributed by atoms with E-state index in [1.54, 1.807) is 0 Å². The van der Waals surface area contributed by atoms with E-state index in [1.165, 1.54) is 6.20 Å². The van der Waals surface area contributed by atoms with Gasteiger partial charge in [0.1, 0.15) is 11.2 Å². The summed E-state index contributed by atoms with van der Waals surface area (Å²) < 4.78 is 0.848. The van der Waals surface area contributed by atoms with E-state index in [0.29, 0.717) is 17.5 Å². The molecule has 0 atom stereocenters. The van der Waals surface area contributed by atoms with Crippen LogP contribution in [0, 0.1) is 0 Å². The fourth-order valence-corrected chi connectivity index (χ4v) is 1.51. The Bertz CT molecular complexity index is 470. The van der Waals surface area contributed by atoms with Crippen molar-refractivity contribution in [2.75, 3.05) is 0 Å². The highest BCUT2D eigenvalue weighted by atomic mass is 79.9. The summed E-state index contributed by atoms with van der Waals surface area (Å²) in [5, 5.41) is 0. The molecule has 64 valence electrons. The zero-order valence-electron chi connectivity index (χ0n) is 6.57. The second-order valence-corrected chi connectivity index (χ2v) is 3.37. The molecule has 0 fully saturated rings. The Morgan fingerprint density at radius 1 is 1.38 bits per heavy atom. The SMILES string of the molecule is O=Cc1cnc2cccc(Br)c2n1. The van der Waals surface area contributed by atoms with Crippen LogP contribution in [0.3, 0.4) is 0 Å². The van der Waals surface area contributed by atoms with Crippen molar-refractivity contribution in [3.8, 4) is 0 Å². The number of fused-ring (bicyclic) bond motifs is 1. The highest BCUT2D eigenvalue weighted by Crippen LogP contribution is 2.19. The molecule has 0 aliphatic rings. The number of rotatable bonds is 1. The first-order valence-corrected chi connectivity index (χ1v) is 4.47. The van der Waals surface area contributed by atoms with Crippen molar-refractivity contribution in [2.45, 2.75) is 0 Å². The second kappa shape index (κ2) is 3.22. The van der Waals surface area contributed by atoms with Gasteiger partial charge in [0.2, 0.25) is 0 Å².